The fourth-order valence-electron chi connectivity index (χ4n) is 3.91. The molecule has 2 atom stereocenters. The summed E-state index contributed by atoms with van der Waals surface area (Å²) in [7, 11) is 0. The monoisotopic (exact) mass is 245 g/mol. The van der Waals surface area contributed by atoms with E-state index in [2.05, 4.69) is 57.3 Å². The van der Waals surface area contributed by atoms with Gasteiger partial charge in [0, 0.05) is 6.04 Å². The van der Waals surface area contributed by atoms with Crippen LogP contribution in [0.3, 0.4) is 0 Å². The van der Waals surface area contributed by atoms with Crippen LogP contribution in [-0.2, 0) is 0 Å². The molecule has 18 heavy (non-hydrogen) atoms. The topological polar surface area (TPSA) is 12.0 Å². The van der Waals surface area contributed by atoms with Crippen molar-refractivity contribution in [3.63, 3.8) is 0 Å². The van der Waals surface area contributed by atoms with E-state index in [1.54, 1.807) is 5.56 Å². The van der Waals surface area contributed by atoms with E-state index in [-0.39, 0.29) is 0 Å². The lowest BCUT2D eigenvalue weighted by molar-refractivity contribution is 0.0210. The molecule has 1 aliphatic carbocycles. The summed E-state index contributed by atoms with van der Waals surface area (Å²) in [6.07, 6.45) is 3.86. The number of rotatable bonds is 5. The molecule has 0 aromatic heterocycles. The van der Waals surface area contributed by atoms with Crippen molar-refractivity contribution in [3.8, 4) is 0 Å². The fourth-order valence-corrected chi connectivity index (χ4v) is 3.91. The van der Waals surface area contributed by atoms with Crippen LogP contribution >= 0.6 is 0 Å². The molecule has 1 N–H and O–H groups in total. The predicted molar refractivity (Wildman–Crippen MR) is 79.0 cm³/mol. The summed E-state index contributed by atoms with van der Waals surface area (Å²) in [5, 5.41) is 3.69. The van der Waals surface area contributed by atoms with Gasteiger partial charge in [0.05, 0.1) is 0 Å². The SMILES string of the molecule is CCNC1CC(c2cccc(C)c2)C1(CC)CC. The van der Waals surface area contributed by atoms with Gasteiger partial charge in [0.15, 0.2) is 0 Å². The van der Waals surface area contributed by atoms with Gasteiger partial charge in [-0.3, -0.25) is 0 Å². The lowest BCUT2D eigenvalue weighted by atomic mass is 9.51. The Kier molecular flexibility index (Phi) is 4.11. The highest BCUT2D eigenvalue weighted by Crippen LogP contribution is 2.57. The first-order valence-corrected chi connectivity index (χ1v) is 7.47. The highest BCUT2D eigenvalue weighted by molar-refractivity contribution is 5.31. The third-order valence-corrected chi connectivity index (χ3v) is 5.07. The minimum atomic E-state index is 0.476. The van der Waals surface area contributed by atoms with E-state index in [4.69, 9.17) is 0 Å². The molecule has 1 fully saturated rings. The molecular weight excluding hydrogens is 218 g/mol. The van der Waals surface area contributed by atoms with Gasteiger partial charge in [0.1, 0.15) is 0 Å². The Hall–Kier alpha value is -0.820. The van der Waals surface area contributed by atoms with Crippen molar-refractivity contribution in [2.24, 2.45) is 5.41 Å². The first kappa shape index (κ1) is 13.6. The van der Waals surface area contributed by atoms with Crippen LogP contribution in [0.15, 0.2) is 24.3 Å². The molecule has 0 bridgehead atoms. The number of hydrogen-bond donors (Lipinski definition) is 1. The number of hydrogen-bond acceptors (Lipinski definition) is 1. The fraction of sp³-hybridized carbons (Fsp3) is 0.647. The summed E-state index contributed by atoms with van der Waals surface area (Å²) in [4.78, 5) is 0. The Morgan fingerprint density at radius 2 is 1.94 bits per heavy atom. The molecule has 1 aliphatic rings. The molecule has 1 nitrogen and oxygen atoms in total. The van der Waals surface area contributed by atoms with E-state index in [1.807, 2.05) is 0 Å². The molecular formula is C17H27N. The molecule has 0 spiro atoms. The summed E-state index contributed by atoms with van der Waals surface area (Å²) >= 11 is 0. The maximum Gasteiger partial charge on any atom is 0.0135 e. The van der Waals surface area contributed by atoms with Crippen LogP contribution < -0.4 is 5.32 Å². The van der Waals surface area contributed by atoms with Crippen LogP contribution in [0.5, 0.6) is 0 Å². The van der Waals surface area contributed by atoms with Crippen LogP contribution in [0.1, 0.15) is 57.1 Å². The third kappa shape index (κ3) is 2.09. The van der Waals surface area contributed by atoms with Crippen LogP contribution in [0.4, 0.5) is 0 Å². The molecule has 100 valence electrons. The smallest absolute Gasteiger partial charge is 0.0135 e. The van der Waals surface area contributed by atoms with E-state index in [0.717, 1.165) is 12.5 Å². The molecule has 1 heteroatoms. The molecule has 0 aliphatic heterocycles. The lowest BCUT2D eigenvalue weighted by Crippen LogP contribution is -2.58. The summed E-state index contributed by atoms with van der Waals surface area (Å²) in [6.45, 7) is 10.2. The first-order chi connectivity index (χ1) is 8.67. The van der Waals surface area contributed by atoms with Gasteiger partial charge in [-0.25, -0.2) is 0 Å². The highest BCUT2D eigenvalue weighted by atomic mass is 15.0. The average Bonchev–Trinajstić information content (AvgIpc) is 2.36. The van der Waals surface area contributed by atoms with Crippen molar-refractivity contribution >= 4 is 0 Å². The second kappa shape index (κ2) is 5.44. The van der Waals surface area contributed by atoms with Gasteiger partial charge in [0.2, 0.25) is 0 Å². The van der Waals surface area contributed by atoms with E-state index >= 15 is 0 Å². The second-order valence-electron chi connectivity index (χ2n) is 5.75. The molecule has 0 radical (unpaired) electrons. The molecule has 0 heterocycles. The molecule has 1 aromatic carbocycles. The number of nitrogens with one attached hydrogen (secondary N) is 1. The van der Waals surface area contributed by atoms with Crippen molar-refractivity contribution in [1.82, 2.24) is 5.32 Å². The van der Waals surface area contributed by atoms with E-state index in [0.29, 0.717) is 11.5 Å². The normalized spacial score (nSPS) is 25.8. The largest absolute Gasteiger partial charge is 0.314 e. The minimum absolute atomic E-state index is 0.476. The lowest BCUT2D eigenvalue weighted by Gasteiger charge is -2.57. The van der Waals surface area contributed by atoms with Gasteiger partial charge in [-0.05, 0) is 49.6 Å². The van der Waals surface area contributed by atoms with Crippen LogP contribution in [0.25, 0.3) is 0 Å². The van der Waals surface area contributed by atoms with Crippen molar-refractivity contribution < 1.29 is 0 Å². The molecule has 1 saturated carbocycles. The summed E-state index contributed by atoms with van der Waals surface area (Å²) < 4.78 is 0. The van der Waals surface area contributed by atoms with E-state index in [1.165, 1.54) is 24.8 Å². The first-order valence-electron chi connectivity index (χ1n) is 7.47. The Labute approximate surface area is 112 Å². The van der Waals surface area contributed by atoms with Crippen molar-refractivity contribution in [1.29, 1.82) is 0 Å². The zero-order chi connectivity index (χ0) is 13.2. The van der Waals surface area contributed by atoms with Crippen molar-refractivity contribution in [2.45, 2.75) is 58.9 Å². The Bertz CT molecular complexity index is 392. The predicted octanol–water partition coefficient (Wildman–Crippen LogP) is 4.27. The van der Waals surface area contributed by atoms with E-state index < -0.39 is 0 Å². The summed E-state index contributed by atoms with van der Waals surface area (Å²) in [5.41, 5.74) is 3.41. The van der Waals surface area contributed by atoms with Crippen LogP contribution in [-0.4, -0.2) is 12.6 Å². The summed E-state index contributed by atoms with van der Waals surface area (Å²) in [5.74, 6) is 0.747. The van der Waals surface area contributed by atoms with Crippen molar-refractivity contribution in [3.05, 3.63) is 35.4 Å². The molecule has 2 rings (SSSR count). The zero-order valence-electron chi connectivity index (χ0n) is 12.3. The quantitative estimate of drug-likeness (QED) is 0.817. The van der Waals surface area contributed by atoms with Crippen molar-refractivity contribution in [2.75, 3.05) is 6.54 Å². The maximum absolute atomic E-state index is 3.69. The Balaban J connectivity index is 2.24. The highest BCUT2D eigenvalue weighted by Gasteiger charge is 2.52. The zero-order valence-corrected chi connectivity index (χ0v) is 12.3. The number of aryl methyl sites for hydroxylation is 1. The molecule has 0 saturated heterocycles. The van der Waals surface area contributed by atoms with Gasteiger partial charge in [-0.1, -0.05) is 50.6 Å². The van der Waals surface area contributed by atoms with Gasteiger partial charge in [-0.15, -0.1) is 0 Å². The number of benzene rings is 1. The van der Waals surface area contributed by atoms with Crippen LogP contribution in [0.2, 0.25) is 0 Å². The van der Waals surface area contributed by atoms with Crippen LogP contribution in [0, 0.1) is 12.3 Å². The standard InChI is InChI=1S/C17H27N/c1-5-17(6-2)15(12-16(17)18-7-3)14-10-8-9-13(4)11-14/h8-11,15-16,18H,5-7,12H2,1-4H3. The summed E-state index contributed by atoms with van der Waals surface area (Å²) in [6, 6.07) is 9.82. The molecule has 2 unspecified atom stereocenters. The second-order valence-corrected chi connectivity index (χ2v) is 5.75. The van der Waals surface area contributed by atoms with Gasteiger partial charge < -0.3 is 5.32 Å². The molecule has 0 amide bonds. The molecule has 1 aromatic rings. The van der Waals surface area contributed by atoms with Gasteiger partial charge >= 0.3 is 0 Å². The maximum atomic E-state index is 3.69. The average molecular weight is 245 g/mol. The third-order valence-electron chi connectivity index (χ3n) is 5.07. The van der Waals surface area contributed by atoms with Gasteiger partial charge in [-0.2, -0.15) is 0 Å². The van der Waals surface area contributed by atoms with Gasteiger partial charge in [0.25, 0.3) is 0 Å². The van der Waals surface area contributed by atoms with E-state index in [9.17, 15) is 0 Å². The Morgan fingerprint density at radius 1 is 1.22 bits per heavy atom. The Morgan fingerprint density at radius 3 is 2.50 bits per heavy atom. The minimum Gasteiger partial charge on any atom is -0.314 e.